The molecule has 1 aromatic rings. The van der Waals surface area contributed by atoms with Crippen LogP contribution in [0, 0.1) is 0 Å². The number of amides is 1. The third kappa shape index (κ3) is 3.22. The van der Waals surface area contributed by atoms with E-state index in [1.807, 2.05) is 11.4 Å². The van der Waals surface area contributed by atoms with Gasteiger partial charge in [0.1, 0.15) is 0 Å². The maximum atomic E-state index is 12.1. The minimum absolute atomic E-state index is 0.0606. The molecular weight excluding hydrogens is 326 g/mol. The van der Waals surface area contributed by atoms with Crippen LogP contribution in [0.1, 0.15) is 23.2 Å². The van der Waals surface area contributed by atoms with Crippen molar-refractivity contribution in [2.24, 2.45) is 0 Å². The number of carbonyl (C=O) groups excluding carboxylic acids is 1. The standard InChI is InChI=1S/C11H13BrClNO2S/c12-9-5-8(6-17-9)10(15)14-11(7-13)1-3-16-4-2-11/h5-6H,1-4,7H2,(H,14,15). The van der Waals surface area contributed by atoms with E-state index in [-0.39, 0.29) is 11.4 Å². The van der Waals surface area contributed by atoms with Gasteiger partial charge >= 0.3 is 0 Å². The summed E-state index contributed by atoms with van der Waals surface area (Å²) in [6.07, 6.45) is 1.54. The van der Waals surface area contributed by atoms with Gasteiger partial charge in [-0.2, -0.15) is 0 Å². The van der Waals surface area contributed by atoms with Crippen LogP contribution in [0.2, 0.25) is 0 Å². The molecule has 0 aromatic carbocycles. The summed E-state index contributed by atoms with van der Waals surface area (Å²) in [5.74, 6) is 0.363. The van der Waals surface area contributed by atoms with Crippen LogP contribution in [0.4, 0.5) is 0 Å². The van der Waals surface area contributed by atoms with Crippen molar-refractivity contribution in [2.75, 3.05) is 19.1 Å². The first kappa shape index (κ1) is 13.3. The number of nitrogens with one attached hydrogen (secondary N) is 1. The average molecular weight is 339 g/mol. The van der Waals surface area contributed by atoms with E-state index < -0.39 is 0 Å². The summed E-state index contributed by atoms with van der Waals surface area (Å²) in [5, 5.41) is 4.88. The molecule has 0 saturated carbocycles. The molecule has 0 bridgehead atoms. The second kappa shape index (κ2) is 5.69. The lowest BCUT2D eigenvalue weighted by Crippen LogP contribution is -2.53. The van der Waals surface area contributed by atoms with Gasteiger partial charge in [0.2, 0.25) is 0 Å². The van der Waals surface area contributed by atoms with E-state index in [1.54, 1.807) is 0 Å². The van der Waals surface area contributed by atoms with Gasteiger partial charge in [0.15, 0.2) is 0 Å². The van der Waals surface area contributed by atoms with E-state index in [1.165, 1.54) is 11.3 Å². The van der Waals surface area contributed by atoms with Gasteiger partial charge < -0.3 is 10.1 Å². The highest BCUT2D eigenvalue weighted by molar-refractivity contribution is 9.11. The molecule has 0 radical (unpaired) electrons. The van der Waals surface area contributed by atoms with Crippen LogP contribution in [-0.2, 0) is 4.74 Å². The molecule has 2 heterocycles. The van der Waals surface area contributed by atoms with Gasteiger partial charge in [0.25, 0.3) is 5.91 Å². The fraction of sp³-hybridized carbons (Fsp3) is 0.545. The van der Waals surface area contributed by atoms with E-state index in [0.717, 1.165) is 16.6 Å². The Morgan fingerprint density at radius 1 is 1.59 bits per heavy atom. The Hall–Kier alpha value is -0.100. The van der Waals surface area contributed by atoms with Crippen LogP contribution in [0.15, 0.2) is 15.2 Å². The SMILES string of the molecule is O=C(NC1(CCl)CCOCC1)c1csc(Br)c1. The summed E-state index contributed by atoms with van der Waals surface area (Å²) in [4.78, 5) is 12.1. The van der Waals surface area contributed by atoms with E-state index in [9.17, 15) is 4.79 Å². The number of halogens is 2. The van der Waals surface area contributed by atoms with Crippen molar-refractivity contribution < 1.29 is 9.53 Å². The highest BCUT2D eigenvalue weighted by atomic mass is 79.9. The predicted octanol–water partition coefficient (Wildman–Crippen LogP) is 3.03. The summed E-state index contributed by atoms with van der Waals surface area (Å²) in [6, 6.07) is 1.82. The van der Waals surface area contributed by atoms with E-state index >= 15 is 0 Å². The third-order valence-electron chi connectivity index (χ3n) is 2.91. The predicted molar refractivity (Wildman–Crippen MR) is 73.0 cm³/mol. The molecule has 1 amide bonds. The monoisotopic (exact) mass is 337 g/mol. The largest absolute Gasteiger partial charge is 0.381 e. The molecule has 1 aromatic heterocycles. The van der Waals surface area contributed by atoms with Crippen molar-refractivity contribution in [3.63, 3.8) is 0 Å². The molecule has 17 heavy (non-hydrogen) atoms. The lowest BCUT2D eigenvalue weighted by molar-refractivity contribution is 0.0434. The molecule has 3 nitrogen and oxygen atoms in total. The number of hydrogen-bond acceptors (Lipinski definition) is 3. The summed E-state index contributed by atoms with van der Waals surface area (Å²) in [7, 11) is 0. The van der Waals surface area contributed by atoms with Gasteiger partial charge in [0, 0.05) is 24.5 Å². The fourth-order valence-electron chi connectivity index (χ4n) is 1.80. The number of thiophene rings is 1. The third-order valence-corrected chi connectivity index (χ3v) is 4.93. The lowest BCUT2D eigenvalue weighted by atomic mass is 9.92. The zero-order valence-electron chi connectivity index (χ0n) is 9.17. The zero-order valence-corrected chi connectivity index (χ0v) is 12.3. The van der Waals surface area contributed by atoms with Crippen LogP contribution < -0.4 is 5.32 Å². The first-order chi connectivity index (χ1) is 8.15. The number of ether oxygens (including phenoxy) is 1. The minimum Gasteiger partial charge on any atom is -0.381 e. The quantitative estimate of drug-likeness (QED) is 0.860. The normalized spacial score (nSPS) is 18.9. The van der Waals surface area contributed by atoms with Crippen LogP contribution in [0.5, 0.6) is 0 Å². The van der Waals surface area contributed by atoms with Gasteiger partial charge in [-0.15, -0.1) is 22.9 Å². The summed E-state index contributed by atoms with van der Waals surface area (Å²) in [6.45, 7) is 1.31. The molecule has 1 fully saturated rings. The Labute approximate surface area is 118 Å². The molecule has 2 rings (SSSR count). The van der Waals surface area contributed by atoms with Crippen LogP contribution in [0.3, 0.4) is 0 Å². The molecule has 6 heteroatoms. The maximum absolute atomic E-state index is 12.1. The zero-order chi connectivity index (χ0) is 12.3. The van der Waals surface area contributed by atoms with E-state index in [2.05, 4.69) is 21.2 Å². The Kier molecular flexibility index (Phi) is 4.47. The summed E-state index contributed by atoms with van der Waals surface area (Å²) >= 11 is 10.8. The van der Waals surface area contributed by atoms with E-state index in [4.69, 9.17) is 16.3 Å². The maximum Gasteiger partial charge on any atom is 0.252 e. The minimum atomic E-state index is -0.314. The molecule has 94 valence electrons. The van der Waals surface area contributed by atoms with Crippen molar-refractivity contribution in [2.45, 2.75) is 18.4 Å². The highest BCUT2D eigenvalue weighted by Gasteiger charge is 2.33. The van der Waals surface area contributed by atoms with Gasteiger partial charge in [-0.25, -0.2) is 0 Å². The number of hydrogen-bond donors (Lipinski definition) is 1. The van der Waals surface area contributed by atoms with Crippen molar-refractivity contribution in [1.29, 1.82) is 0 Å². The smallest absolute Gasteiger partial charge is 0.252 e. The molecular formula is C11H13BrClNO2S. The number of carbonyl (C=O) groups is 1. The van der Waals surface area contributed by atoms with Crippen LogP contribution in [-0.4, -0.2) is 30.5 Å². The Bertz CT molecular complexity index is 404. The first-order valence-electron chi connectivity index (χ1n) is 5.35. The number of rotatable bonds is 3. The molecule has 0 spiro atoms. The fourth-order valence-corrected chi connectivity index (χ4v) is 3.27. The molecule has 0 atom stereocenters. The Balaban J connectivity index is 2.05. The second-order valence-electron chi connectivity index (χ2n) is 4.12. The van der Waals surface area contributed by atoms with Gasteiger partial charge in [-0.1, -0.05) is 0 Å². The van der Waals surface area contributed by atoms with Gasteiger partial charge in [-0.05, 0) is 34.8 Å². The number of alkyl halides is 1. The molecule has 1 aliphatic heterocycles. The molecule has 1 saturated heterocycles. The van der Waals surface area contributed by atoms with Crippen molar-refractivity contribution in [3.8, 4) is 0 Å². The first-order valence-corrected chi connectivity index (χ1v) is 7.56. The van der Waals surface area contributed by atoms with Gasteiger partial charge in [-0.3, -0.25) is 4.79 Å². The van der Waals surface area contributed by atoms with Crippen LogP contribution >= 0.6 is 38.9 Å². The van der Waals surface area contributed by atoms with Crippen molar-refractivity contribution in [1.82, 2.24) is 5.32 Å². The second-order valence-corrected chi connectivity index (χ2v) is 6.68. The van der Waals surface area contributed by atoms with Crippen molar-refractivity contribution >= 4 is 44.8 Å². The van der Waals surface area contributed by atoms with Gasteiger partial charge in [0.05, 0.1) is 14.9 Å². The topological polar surface area (TPSA) is 38.3 Å². The van der Waals surface area contributed by atoms with E-state index in [0.29, 0.717) is 24.7 Å². The summed E-state index contributed by atoms with van der Waals surface area (Å²) in [5.41, 5.74) is 0.364. The molecule has 1 N–H and O–H groups in total. The van der Waals surface area contributed by atoms with Crippen LogP contribution in [0.25, 0.3) is 0 Å². The molecule has 0 aliphatic carbocycles. The highest BCUT2D eigenvalue weighted by Crippen LogP contribution is 2.25. The Morgan fingerprint density at radius 3 is 2.82 bits per heavy atom. The summed E-state index contributed by atoms with van der Waals surface area (Å²) < 4.78 is 6.26. The molecule has 1 aliphatic rings. The Morgan fingerprint density at radius 2 is 2.29 bits per heavy atom. The molecule has 0 unspecified atom stereocenters. The average Bonchev–Trinajstić information content (AvgIpc) is 2.77. The lowest BCUT2D eigenvalue weighted by Gasteiger charge is -2.36. The van der Waals surface area contributed by atoms with Crippen molar-refractivity contribution in [3.05, 3.63) is 20.8 Å².